The first kappa shape index (κ1) is 21.6. The van der Waals surface area contributed by atoms with E-state index in [0.717, 1.165) is 27.7 Å². The van der Waals surface area contributed by atoms with Crippen molar-refractivity contribution in [1.82, 2.24) is 5.43 Å². The minimum absolute atomic E-state index is 0.0483. The second-order valence-corrected chi connectivity index (χ2v) is 7.10. The maximum absolute atomic E-state index is 12.0. The molecule has 0 aliphatic rings. The molecule has 0 heterocycles. The molecule has 0 radical (unpaired) electrons. The summed E-state index contributed by atoms with van der Waals surface area (Å²) in [4.78, 5) is 23.9. The summed E-state index contributed by atoms with van der Waals surface area (Å²) in [6.07, 6.45) is 2.55. The van der Waals surface area contributed by atoms with Crippen molar-refractivity contribution in [1.29, 1.82) is 0 Å². The molecule has 0 fully saturated rings. The number of nitrogens with zero attached hydrogens (tertiary/aromatic N) is 1. The lowest BCUT2D eigenvalue weighted by molar-refractivity contribution is -0.124. The van der Waals surface area contributed by atoms with Gasteiger partial charge < -0.3 is 10.1 Å². The number of anilines is 1. The van der Waals surface area contributed by atoms with E-state index >= 15 is 0 Å². The molecule has 0 spiro atoms. The molecule has 0 bridgehead atoms. The number of hydrogen-bond acceptors (Lipinski definition) is 4. The third kappa shape index (κ3) is 7.15. The van der Waals surface area contributed by atoms with Crippen molar-refractivity contribution in [3.8, 4) is 5.75 Å². The number of hydrogen-bond donors (Lipinski definition) is 2. The van der Waals surface area contributed by atoms with Crippen LogP contribution in [0.2, 0.25) is 0 Å². The van der Waals surface area contributed by atoms with E-state index in [-0.39, 0.29) is 24.7 Å². The van der Waals surface area contributed by atoms with Crippen molar-refractivity contribution in [2.45, 2.75) is 33.1 Å². The van der Waals surface area contributed by atoms with Crippen LogP contribution in [-0.2, 0) is 9.59 Å². The van der Waals surface area contributed by atoms with E-state index < -0.39 is 0 Å². The van der Waals surface area contributed by atoms with E-state index in [1.54, 1.807) is 0 Å². The molecule has 0 atom stereocenters. The molecule has 0 aliphatic heterocycles. The molecule has 2 amide bonds. The topological polar surface area (TPSA) is 79.8 Å². The number of ether oxygens (including phenoxy) is 1. The van der Waals surface area contributed by atoms with E-state index in [2.05, 4.69) is 31.8 Å². The minimum Gasteiger partial charge on any atom is -0.493 e. The van der Waals surface area contributed by atoms with E-state index in [9.17, 15) is 9.59 Å². The molecule has 0 unspecified atom stereocenters. The number of hydrazone groups is 1. The number of amides is 2. The summed E-state index contributed by atoms with van der Waals surface area (Å²) >= 11 is 3.41. The number of benzene rings is 2. The smallest absolute Gasteiger partial charge is 0.240 e. The molecule has 0 aromatic heterocycles. The maximum atomic E-state index is 12.0. The molecule has 2 aromatic rings. The first-order valence-electron chi connectivity index (χ1n) is 9.09. The molecule has 148 valence electrons. The van der Waals surface area contributed by atoms with E-state index in [4.69, 9.17) is 4.74 Å². The average Bonchev–Trinajstić information content (AvgIpc) is 2.67. The van der Waals surface area contributed by atoms with Gasteiger partial charge in [-0.15, -0.1) is 0 Å². The lowest BCUT2D eigenvalue weighted by Crippen LogP contribution is -2.21. The van der Waals surface area contributed by atoms with Crippen LogP contribution in [0.1, 0.15) is 37.3 Å². The van der Waals surface area contributed by atoms with Crippen LogP contribution >= 0.6 is 15.9 Å². The summed E-state index contributed by atoms with van der Waals surface area (Å²) in [5.74, 6) is 0.151. The molecule has 0 aliphatic carbocycles. The zero-order chi connectivity index (χ0) is 20.4. The SMILES string of the molecule is CCCOc1ccc(Br)cc1C=NNC(=O)CCC(=O)Nc1ccccc1C. The van der Waals surface area contributed by atoms with Gasteiger partial charge in [-0.2, -0.15) is 5.10 Å². The van der Waals surface area contributed by atoms with Gasteiger partial charge in [0.25, 0.3) is 0 Å². The second kappa shape index (κ2) is 11.2. The van der Waals surface area contributed by atoms with Gasteiger partial charge in [0.1, 0.15) is 5.75 Å². The third-order valence-electron chi connectivity index (χ3n) is 3.82. The number of nitrogens with one attached hydrogen (secondary N) is 2. The van der Waals surface area contributed by atoms with Crippen LogP contribution in [0.3, 0.4) is 0 Å². The highest BCUT2D eigenvalue weighted by molar-refractivity contribution is 9.10. The Balaban J connectivity index is 1.83. The Morgan fingerprint density at radius 3 is 2.64 bits per heavy atom. The number of para-hydroxylation sites is 1. The minimum atomic E-state index is -0.331. The normalized spacial score (nSPS) is 10.7. The Labute approximate surface area is 173 Å². The van der Waals surface area contributed by atoms with Gasteiger partial charge >= 0.3 is 0 Å². The van der Waals surface area contributed by atoms with Gasteiger partial charge in [0.15, 0.2) is 0 Å². The van der Waals surface area contributed by atoms with Crippen molar-refractivity contribution in [3.05, 3.63) is 58.1 Å². The molecule has 2 N–H and O–H groups in total. The summed E-state index contributed by atoms with van der Waals surface area (Å²) in [6.45, 7) is 4.55. The van der Waals surface area contributed by atoms with Crippen molar-refractivity contribution < 1.29 is 14.3 Å². The predicted molar refractivity (Wildman–Crippen MR) is 115 cm³/mol. The molecule has 2 aromatic carbocycles. The fraction of sp³-hybridized carbons (Fsp3) is 0.286. The molecule has 28 heavy (non-hydrogen) atoms. The van der Waals surface area contributed by atoms with E-state index in [0.29, 0.717) is 12.4 Å². The summed E-state index contributed by atoms with van der Waals surface area (Å²) in [5, 5.41) is 6.77. The van der Waals surface area contributed by atoms with Gasteiger partial charge in [-0.05, 0) is 43.2 Å². The van der Waals surface area contributed by atoms with Crippen molar-refractivity contribution in [3.63, 3.8) is 0 Å². The van der Waals surface area contributed by atoms with Gasteiger partial charge in [-0.1, -0.05) is 41.1 Å². The summed E-state index contributed by atoms with van der Waals surface area (Å²) in [5.41, 5.74) is 4.92. The first-order chi connectivity index (χ1) is 13.5. The Morgan fingerprint density at radius 2 is 1.89 bits per heavy atom. The highest BCUT2D eigenvalue weighted by atomic mass is 79.9. The number of carbonyl (C=O) groups excluding carboxylic acids is 2. The molecule has 2 rings (SSSR count). The van der Waals surface area contributed by atoms with Gasteiger partial charge in [0.2, 0.25) is 11.8 Å². The maximum Gasteiger partial charge on any atom is 0.240 e. The summed E-state index contributed by atoms with van der Waals surface area (Å²) in [7, 11) is 0. The molecule has 0 saturated carbocycles. The zero-order valence-electron chi connectivity index (χ0n) is 16.0. The zero-order valence-corrected chi connectivity index (χ0v) is 17.6. The predicted octanol–water partition coefficient (Wildman–Crippen LogP) is 4.42. The summed E-state index contributed by atoms with van der Waals surface area (Å²) < 4.78 is 6.55. The number of halogens is 1. The largest absolute Gasteiger partial charge is 0.493 e. The van der Waals surface area contributed by atoms with Gasteiger partial charge in [0.05, 0.1) is 12.8 Å². The molecule has 7 heteroatoms. The standard InChI is InChI=1S/C21H24BrN3O3/c1-3-12-28-19-9-8-17(22)13-16(19)14-23-25-21(27)11-10-20(26)24-18-7-5-4-6-15(18)2/h4-9,13-14H,3,10-12H2,1-2H3,(H,24,26)(H,25,27). The number of aryl methyl sites for hydroxylation is 1. The quantitative estimate of drug-likeness (QED) is 0.442. The van der Waals surface area contributed by atoms with Crippen molar-refractivity contribution in [2.24, 2.45) is 5.10 Å². The molecular formula is C21H24BrN3O3. The first-order valence-corrected chi connectivity index (χ1v) is 9.88. The highest BCUT2D eigenvalue weighted by Crippen LogP contribution is 2.22. The van der Waals surface area contributed by atoms with Crippen LogP contribution in [0.5, 0.6) is 5.75 Å². The fourth-order valence-electron chi connectivity index (χ4n) is 2.35. The van der Waals surface area contributed by atoms with Crippen LogP contribution in [0.4, 0.5) is 5.69 Å². The summed E-state index contributed by atoms with van der Waals surface area (Å²) in [6, 6.07) is 13.1. The number of carbonyl (C=O) groups is 2. The van der Waals surface area contributed by atoms with Crippen molar-refractivity contribution in [2.75, 3.05) is 11.9 Å². The fourth-order valence-corrected chi connectivity index (χ4v) is 2.73. The van der Waals surface area contributed by atoms with Crippen LogP contribution in [0.25, 0.3) is 0 Å². The molecule has 6 nitrogen and oxygen atoms in total. The second-order valence-electron chi connectivity index (χ2n) is 6.19. The van der Waals surface area contributed by atoms with Gasteiger partial charge in [-0.25, -0.2) is 5.43 Å². The van der Waals surface area contributed by atoms with Crippen LogP contribution in [-0.4, -0.2) is 24.6 Å². The Morgan fingerprint density at radius 1 is 1.14 bits per heavy atom. The van der Waals surface area contributed by atoms with Crippen LogP contribution < -0.4 is 15.5 Å². The highest BCUT2D eigenvalue weighted by Gasteiger charge is 2.08. The molecular weight excluding hydrogens is 422 g/mol. The monoisotopic (exact) mass is 445 g/mol. The Bertz CT molecular complexity index is 853. The van der Waals surface area contributed by atoms with Crippen molar-refractivity contribution >= 4 is 39.6 Å². The van der Waals surface area contributed by atoms with Gasteiger partial charge in [0, 0.05) is 28.6 Å². The van der Waals surface area contributed by atoms with Gasteiger partial charge in [-0.3, -0.25) is 9.59 Å². The van der Waals surface area contributed by atoms with Crippen LogP contribution in [0, 0.1) is 6.92 Å². The lowest BCUT2D eigenvalue weighted by atomic mass is 10.2. The Kier molecular flexibility index (Phi) is 8.68. The lowest BCUT2D eigenvalue weighted by Gasteiger charge is -2.08. The average molecular weight is 446 g/mol. The van der Waals surface area contributed by atoms with E-state index in [1.165, 1.54) is 6.21 Å². The van der Waals surface area contributed by atoms with Crippen LogP contribution in [0.15, 0.2) is 52.0 Å². The Hall–Kier alpha value is -2.67. The molecule has 0 saturated heterocycles. The van der Waals surface area contributed by atoms with E-state index in [1.807, 2.05) is 56.3 Å². The third-order valence-corrected chi connectivity index (χ3v) is 4.32. The number of rotatable bonds is 9.